The molecule has 0 saturated heterocycles. The molecule has 0 bridgehead atoms. The molecular formula is C6H9NO2. The van der Waals surface area contributed by atoms with E-state index < -0.39 is 0 Å². The molecule has 0 spiro atoms. The number of methoxy groups -OCH3 is 1. The van der Waals surface area contributed by atoms with E-state index in [1.165, 1.54) is 0 Å². The fourth-order valence-electron chi connectivity index (χ4n) is 0.687. The Bertz CT molecular complexity index is 205. The Morgan fingerprint density at radius 3 is 2.44 bits per heavy atom. The van der Waals surface area contributed by atoms with Crippen LogP contribution in [-0.2, 0) is 7.05 Å². The lowest BCUT2D eigenvalue weighted by molar-refractivity contribution is 0.360. The summed E-state index contributed by atoms with van der Waals surface area (Å²) in [4.78, 5) is 0. The first kappa shape index (κ1) is 6.01. The second-order valence-electron chi connectivity index (χ2n) is 1.79. The molecule has 3 nitrogen and oxygen atoms in total. The molecule has 9 heavy (non-hydrogen) atoms. The molecular weight excluding hydrogens is 118 g/mol. The molecule has 1 heterocycles. The molecule has 1 aromatic heterocycles. The van der Waals surface area contributed by atoms with Gasteiger partial charge in [0, 0.05) is 19.2 Å². The minimum Gasteiger partial charge on any atom is -0.494 e. The Kier molecular flexibility index (Phi) is 1.34. The van der Waals surface area contributed by atoms with E-state index in [0.717, 1.165) is 0 Å². The van der Waals surface area contributed by atoms with Crippen LogP contribution < -0.4 is 4.74 Å². The molecule has 3 heteroatoms. The second kappa shape index (κ2) is 2.01. The molecule has 0 fully saturated rings. The predicted molar refractivity (Wildman–Crippen MR) is 33.6 cm³/mol. The molecule has 1 rings (SSSR count). The summed E-state index contributed by atoms with van der Waals surface area (Å²) in [5.41, 5.74) is 0. The highest BCUT2D eigenvalue weighted by Crippen LogP contribution is 2.18. The molecule has 0 radical (unpaired) electrons. The van der Waals surface area contributed by atoms with Crippen LogP contribution in [0.25, 0.3) is 0 Å². The highest BCUT2D eigenvalue weighted by molar-refractivity contribution is 5.23. The van der Waals surface area contributed by atoms with E-state index in [2.05, 4.69) is 0 Å². The summed E-state index contributed by atoms with van der Waals surface area (Å²) in [6.45, 7) is 0. The Morgan fingerprint density at radius 1 is 1.56 bits per heavy atom. The minimum absolute atomic E-state index is 0.215. The summed E-state index contributed by atoms with van der Waals surface area (Å²) in [6, 6.07) is 3.29. The number of nitrogens with zero attached hydrogens (tertiary/aromatic N) is 1. The predicted octanol–water partition coefficient (Wildman–Crippen LogP) is 0.739. The van der Waals surface area contributed by atoms with Gasteiger partial charge in [-0.05, 0) is 0 Å². The summed E-state index contributed by atoms with van der Waals surface area (Å²) < 4.78 is 6.42. The van der Waals surface area contributed by atoms with Crippen LogP contribution in [-0.4, -0.2) is 16.8 Å². The van der Waals surface area contributed by atoms with Gasteiger partial charge >= 0.3 is 0 Å². The van der Waals surface area contributed by atoms with Gasteiger partial charge in [0.1, 0.15) is 0 Å². The van der Waals surface area contributed by atoms with Crippen molar-refractivity contribution in [3.05, 3.63) is 12.1 Å². The molecule has 0 aliphatic heterocycles. The van der Waals surface area contributed by atoms with Gasteiger partial charge in [0.2, 0.25) is 0 Å². The molecule has 0 saturated carbocycles. The summed E-state index contributed by atoms with van der Waals surface area (Å²) >= 11 is 0. The monoisotopic (exact) mass is 127 g/mol. The van der Waals surface area contributed by atoms with Crippen molar-refractivity contribution < 1.29 is 9.84 Å². The van der Waals surface area contributed by atoms with Crippen molar-refractivity contribution in [1.29, 1.82) is 0 Å². The van der Waals surface area contributed by atoms with Crippen LogP contribution in [0.2, 0.25) is 0 Å². The maximum Gasteiger partial charge on any atom is 0.195 e. The van der Waals surface area contributed by atoms with Crippen LogP contribution in [0.5, 0.6) is 11.8 Å². The molecule has 1 aromatic rings. The van der Waals surface area contributed by atoms with Crippen LogP contribution in [0.15, 0.2) is 12.1 Å². The second-order valence-corrected chi connectivity index (χ2v) is 1.79. The van der Waals surface area contributed by atoms with E-state index in [9.17, 15) is 0 Å². The highest BCUT2D eigenvalue weighted by atomic mass is 16.5. The van der Waals surface area contributed by atoms with E-state index >= 15 is 0 Å². The topological polar surface area (TPSA) is 34.4 Å². The van der Waals surface area contributed by atoms with Crippen molar-refractivity contribution in [2.75, 3.05) is 7.11 Å². The number of ether oxygens (including phenoxy) is 1. The van der Waals surface area contributed by atoms with Crippen molar-refractivity contribution in [2.45, 2.75) is 0 Å². The number of aromatic hydroxyl groups is 1. The number of hydrogen-bond acceptors (Lipinski definition) is 2. The first-order chi connectivity index (χ1) is 4.25. The van der Waals surface area contributed by atoms with E-state index in [-0.39, 0.29) is 5.88 Å². The van der Waals surface area contributed by atoms with E-state index in [1.807, 2.05) is 0 Å². The van der Waals surface area contributed by atoms with Crippen molar-refractivity contribution >= 4 is 0 Å². The summed E-state index contributed by atoms with van der Waals surface area (Å²) in [7, 11) is 3.29. The van der Waals surface area contributed by atoms with Crippen LogP contribution >= 0.6 is 0 Å². The molecule has 0 aliphatic carbocycles. The van der Waals surface area contributed by atoms with E-state index in [0.29, 0.717) is 5.88 Å². The normalized spacial score (nSPS) is 9.56. The van der Waals surface area contributed by atoms with Gasteiger partial charge in [0.05, 0.1) is 7.11 Å². The third kappa shape index (κ3) is 0.850. The molecule has 0 amide bonds. The van der Waals surface area contributed by atoms with Gasteiger partial charge in [-0.2, -0.15) is 0 Å². The summed E-state index contributed by atoms with van der Waals surface area (Å²) in [5.74, 6) is 0.874. The largest absolute Gasteiger partial charge is 0.494 e. The SMILES string of the molecule is COc1ccc(O)n1C. The van der Waals surface area contributed by atoms with Gasteiger partial charge in [-0.3, -0.25) is 4.57 Å². The Labute approximate surface area is 53.5 Å². The van der Waals surface area contributed by atoms with Crippen LogP contribution in [0, 0.1) is 0 Å². The standard InChI is InChI=1S/C6H9NO2/c1-7-5(8)3-4-6(7)9-2/h3-4,8H,1-2H3. The van der Waals surface area contributed by atoms with Gasteiger partial charge in [0.15, 0.2) is 11.8 Å². The third-order valence-corrected chi connectivity index (χ3v) is 1.26. The van der Waals surface area contributed by atoms with Crippen LogP contribution in [0.1, 0.15) is 0 Å². The molecule has 0 aromatic carbocycles. The summed E-state index contributed by atoms with van der Waals surface area (Å²) in [5, 5.41) is 8.95. The summed E-state index contributed by atoms with van der Waals surface area (Å²) in [6.07, 6.45) is 0. The van der Waals surface area contributed by atoms with Crippen molar-refractivity contribution in [2.24, 2.45) is 7.05 Å². The van der Waals surface area contributed by atoms with E-state index in [4.69, 9.17) is 9.84 Å². The van der Waals surface area contributed by atoms with Crippen LogP contribution in [0.3, 0.4) is 0 Å². The smallest absolute Gasteiger partial charge is 0.195 e. The van der Waals surface area contributed by atoms with Gasteiger partial charge in [-0.1, -0.05) is 0 Å². The zero-order chi connectivity index (χ0) is 6.85. The zero-order valence-electron chi connectivity index (χ0n) is 5.46. The lowest BCUT2D eigenvalue weighted by atomic mass is 10.6. The maximum atomic E-state index is 8.95. The Hall–Kier alpha value is -1.12. The van der Waals surface area contributed by atoms with Crippen molar-refractivity contribution in [1.82, 2.24) is 4.57 Å². The van der Waals surface area contributed by atoms with Crippen LogP contribution in [0.4, 0.5) is 0 Å². The third-order valence-electron chi connectivity index (χ3n) is 1.26. The fourth-order valence-corrected chi connectivity index (χ4v) is 0.687. The van der Waals surface area contributed by atoms with Gasteiger partial charge in [-0.15, -0.1) is 0 Å². The number of hydrogen-bond donors (Lipinski definition) is 1. The average molecular weight is 127 g/mol. The first-order valence-corrected chi connectivity index (χ1v) is 2.64. The average Bonchev–Trinajstić information content (AvgIpc) is 2.15. The maximum absolute atomic E-state index is 8.95. The Morgan fingerprint density at radius 2 is 2.22 bits per heavy atom. The fraction of sp³-hybridized carbons (Fsp3) is 0.333. The lowest BCUT2D eigenvalue weighted by Crippen LogP contribution is -1.91. The van der Waals surface area contributed by atoms with Crippen molar-refractivity contribution in [3.63, 3.8) is 0 Å². The highest BCUT2D eigenvalue weighted by Gasteiger charge is 1.99. The molecule has 1 N–H and O–H groups in total. The van der Waals surface area contributed by atoms with Gasteiger partial charge in [0.25, 0.3) is 0 Å². The molecule has 0 atom stereocenters. The molecule has 50 valence electrons. The lowest BCUT2D eigenvalue weighted by Gasteiger charge is -1.99. The number of aromatic nitrogens is 1. The first-order valence-electron chi connectivity index (χ1n) is 2.64. The molecule has 0 aliphatic rings. The number of rotatable bonds is 1. The van der Waals surface area contributed by atoms with Gasteiger partial charge in [-0.25, -0.2) is 0 Å². The minimum atomic E-state index is 0.215. The van der Waals surface area contributed by atoms with Gasteiger partial charge < -0.3 is 9.84 Å². The quantitative estimate of drug-likeness (QED) is 0.603. The zero-order valence-corrected chi connectivity index (χ0v) is 5.46. The molecule has 0 unspecified atom stereocenters. The Balaban J connectivity index is 3.04. The van der Waals surface area contributed by atoms with Crippen molar-refractivity contribution in [3.8, 4) is 11.8 Å². The van der Waals surface area contributed by atoms with E-state index in [1.54, 1.807) is 30.9 Å².